The van der Waals surface area contributed by atoms with Gasteiger partial charge in [-0.3, -0.25) is 14.9 Å². The van der Waals surface area contributed by atoms with Crippen molar-refractivity contribution in [1.29, 1.82) is 5.26 Å². The molecule has 0 saturated carbocycles. The molecule has 1 N–H and O–H groups in total. The number of carbonyl (C=O) groups excluding carboxylic acids is 1. The van der Waals surface area contributed by atoms with Crippen LogP contribution in [-0.2, 0) is 0 Å². The standard InChI is InChI=1S/C16H9FN2O4/c17-13-4-2-11(3-5-13)16(21)12(9-18)7-10-1-6-15(20)14(8-10)19(22)23/h1-8,20H/b12-7+. The topological polar surface area (TPSA) is 104 Å². The Balaban J connectivity index is 2.41. The SMILES string of the molecule is N#C/C(=C\c1ccc(O)c([N+](=O)[O-])c1)C(=O)c1ccc(F)cc1. The van der Waals surface area contributed by atoms with E-state index in [2.05, 4.69) is 0 Å². The molecule has 0 atom stereocenters. The Morgan fingerprint density at radius 1 is 1.26 bits per heavy atom. The van der Waals surface area contributed by atoms with Crippen molar-refractivity contribution in [3.05, 3.63) is 75.1 Å². The molecule has 0 aliphatic carbocycles. The molecular formula is C16H9FN2O4. The first kappa shape index (κ1) is 15.9. The van der Waals surface area contributed by atoms with Crippen molar-refractivity contribution in [3.8, 4) is 11.8 Å². The fourth-order valence-corrected chi connectivity index (χ4v) is 1.85. The second-order valence-electron chi connectivity index (χ2n) is 4.51. The van der Waals surface area contributed by atoms with E-state index in [0.29, 0.717) is 0 Å². The van der Waals surface area contributed by atoms with Gasteiger partial charge in [-0.05, 0) is 42.0 Å². The van der Waals surface area contributed by atoms with E-state index in [9.17, 15) is 24.4 Å². The number of carbonyl (C=O) groups is 1. The Morgan fingerprint density at radius 2 is 1.91 bits per heavy atom. The zero-order chi connectivity index (χ0) is 17.0. The number of hydrogen-bond donors (Lipinski definition) is 1. The van der Waals surface area contributed by atoms with Gasteiger partial charge in [-0.15, -0.1) is 0 Å². The minimum absolute atomic E-state index is 0.118. The van der Waals surface area contributed by atoms with Crippen LogP contribution in [-0.4, -0.2) is 15.8 Å². The number of nitro groups is 1. The van der Waals surface area contributed by atoms with Gasteiger partial charge < -0.3 is 5.11 Å². The Labute approximate surface area is 129 Å². The lowest BCUT2D eigenvalue weighted by molar-refractivity contribution is -0.385. The van der Waals surface area contributed by atoms with Crippen molar-refractivity contribution in [2.45, 2.75) is 0 Å². The van der Waals surface area contributed by atoms with Crippen molar-refractivity contribution in [2.75, 3.05) is 0 Å². The first-order chi connectivity index (χ1) is 10.9. The van der Waals surface area contributed by atoms with Crippen LogP contribution in [0, 0.1) is 27.3 Å². The molecule has 7 heteroatoms. The zero-order valence-electron chi connectivity index (χ0n) is 11.6. The number of phenolic OH excluding ortho intramolecular Hbond substituents is 1. The molecule has 0 unspecified atom stereocenters. The summed E-state index contributed by atoms with van der Waals surface area (Å²) in [4.78, 5) is 22.2. The second-order valence-corrected chi connectivity index (χ2v) is 4.51. The van der Waals surface area contributed by atoms with E-state index < -0.39 is 28.0 Å². The Bertz CT molecular complexity index is 851. The smallest absolute Gasteiger partial charge is 0.311 e. The first-order valence-electron chi connectivity index (χ1n) is 6.32. The van der Waals surface area contributed by atoms with Crippen LogP contribution in [0.4, 0.5) is 10.1 Å². The number of phenols is 1. The number of allylic oxidation sites excluding steroid dienone is 1. The summed E-state index contributed by atoms with van der Waals surface area (Å²) in [6, 6.07) is 9.85. The fourth-order valence-electron chi connectivity index (χ4n) is 1.85. The molecule has 114 valence electrons. The first-order valence-corrected chi connectivity index (χ1v) is 6.32. The highest BCUT2D eigenvalue weighted by atomic mass is 19.1. The summed E-state index contributed by atoms with van der Waals surface area (Å²) in [7, 11) is 0. The van der Waals surface area contributed by atoms with E-state index in [1.54, 1.807) is 6.07 Å². The number of rotatable bonds is 4. The summed E-state index contributed by atoms with van der Waals surface area (Å²) < 4.78 is 12.9. The molecule has 0 radical (unpaired) electrons. The average Bonchev–Trinajstić information content (AvgIpc) is 2.54. The van der Waals surface area contributed by atoms with E-state index in [4.69, 9.17) is 5.26 Å². The highest BCUT2D eigenvalue weighted by Gasteiger charge is 2.15. The van der Waals surface area contributed by atoms with Crippen molar-refractivity contribution < 1.29 is 19.2 Å². The van der Waals surface area contributed by atoms with Crippen LogP contribution in [0.5, 0.6) is 5.75 Å². The van der Waals surface area contributed by atoms with Gasteiger partial charge in [0.15, 0.2) is 5.75 Å². The van der Waals surface area contributed by atoms with Crippen molar-refractivity contribution >= 4 is 17.5 Å². The van der Waals surface area contributed by atoms with Crippen LogP contribution in [0.1, 0.15) is 15.9 Å². The number of Topliss-reactive ketones (excluding diaryl/α,β-unsaturated/α-hetero) is 1. The molecular weight excluding hydrogens is 303 g/mol. The third-order valence-electron chi connectivity index (χ3n) is 2.98. The number of nitrogens with zero attached hydrogens (tertiary/aromatic N) is 2. The Morgan fingerprint density at radius 3 is 2.48 bits per heavy atom. The number of aromatic hydroxyl groups is 1. The minimum Gasteiger partial charge on any atom is -0.502 e. The maximum atomic E-state index is 12.9. The van der Waals surface area contributed by atoms with Gasteiger partial charge in [0.2, 0.25) is 5.78 Å². The van der Waals surface area contributed by atoms with Crippen LogP contribution < -0.4 is 0 Å². The molecule has 0 aliphatic rings. The summed E-state index contributed by atoms with van der Waals surface area (Å²) in [6.45, 7) is 0. The summed E-state index contributed by atoms with van der Waals surface area (Å²) in [6.07, 6.45) is 1.16. The molecule has 0 aromatic heterocycles. The molecule has 0 heterocycles. The normalized spacial score (nSPS) is 10.9. The van der Waals surface area contributed by atoms with E-state index in [1.165, 1.54) is 18.2 Å². The predicted molar refractivity (Wildman–Crippen MR) is 79.1 cm³/mol. The summed E-state index contributed by atoms with van der Waals surface area (Å²) in [5, 5.41) is 29.3. The average molecular weight is 312 g/mol. The van der Waals surface area contributed by atoms with Gasteiger partial charge in [0.1, 0.15) is 17.5 Å². The maximum absolute atomic E-state index is 12.9. The molecule has 2 aromatic rings. The van der Waals surface area contributed by atoms with Crippen LogP contribution in [0.2, 0.25) is 0 Å². The van der Waals surface area contributed by atoms with Gasteiger partial charge in [-0.2, -0.15) is 5.26 Å². The van der Waals surface area contributed by atoms with Gasteiger partial charge in [-0.25, -0.2) is 4.39 Å². The molecule has 0 amide bonds. The fraction of sp³-hybridized carbons (Fsp3) is 0. The largest absolute Gasteiger partial charge is 0.502 e. The van der Waals surface area contributed by atoms with Gasteiger partial charge >= 0.3 is 5.69 Å². The summed E-state index contributed by atoms with van der Waals surface area (Å²) in [5.41, 5.74) is -0.476. The monoisotopic (exact) mass is 312 g/mol. The molecule has 23 heavy (non-hydrogen) atoms. The van der Waals surface area contributed by atoms with E-state index in [1.807, 2.05) is 0 Å². The molecule has 0 saturated heterocycles. The number of benzene rings is 2. The highest BCUT2D eigenvalue weighted by molar-refractivity contribution is 6.14. The maximum Gasteiger partial charge on any atom is 0.311 e. The van der Waals surface area contributed by atoms with Gasteiger partial charge in [0, 0.05) is 11.6 Å². The lowest BCUT2D eigenvalue weighted by Gasteiger charge is -2.01. The molecule has 0 aliphatic heterocycles. The molecule has 2 rings (SSSR count). The molecule has 0 fully saturated rings. The second kappa shape index (κ2) is 6.49. The van der Waals surface area contributed by atoms with Crippen LogP contribution in [0.15, 0.2) is 48.0 Å². The summed E-state index contributed by atoms with van der Waals surface area (Å²) in [5.74, 6) is -1.67. The van der Waals surface area contributed by atoms with E-state index >= 15 is 0 Å². The van der Waals surface area contributed by atoms with Gasteiger partial charge in [0.25, 0.3) is 0 Å². The summed E-state index contributed by atoms with van der Waals surface area (Å²) >= 11 is 0. The molecule has 2 aromatic carbocycles. The number of halogens is 1. The molecule has 0 spiro atoms. The van der Waals surface area contributed by atoms with E-state index in [0.717, 1.165) is 30.3 Å². The molecule has 6 nitrogen and oxygen atoms in total. The Hall–Kier alpha value is -3.53. The van der Waals surface area contributed by atoms with Gasteiger partial charge in [0.05, 0.1) is 4.92 Å². The van der Waals surface area contributed by atoms with Crippen LogP contribution in [0.3, 0.4) is 0 Å². The number of nitriles is 1. The zero-order valence-corrected chi connectivity index (χ0v) is 11.6. The Kier molecular flexibility index (Phi) is 4.47. The molecule has 0 bridgehead atoms. The number of ketones is 1. The lowest BCUT2D eigenvalue weighted by atomic mass is 10.0. The van der Waals surface area contributed by atoms with Crippen LogP contribution >= 0.6 is 0 Å². The lowest BCUT2D eigenvalue weighted by Crippen LogP contribution is -2.02. The van der Waals surface area contributed by atoms with E-state index in [-0.39, 0.29) is 16.7 Å². The third-order valence-corrected chi connectivity index (χ3v) is 2.98. The third kappa shape index (κ3) is 3.57. The van der Waals surface area contributed by atoms with Crippen molar-refractivity contribution in [2.24, 2.45) is 0 Å². The van der Waals surface area contributed by atoms with Crippen molar-refractivity contribution in [1.82, 2.24) is 0 Å². The van der Waals surface area contributed by atoms with Gasteiger partial charge in [-0.1, -0.05) is 6.07 Å². The van der Waals surface area contributed by atoms with Crippen LogP contribution in [0.25, 0.3) is 6.08 Å². The number of nitro benzene ring substituents is 1. The van der Waals surface area contributed by atoms with Crippen molar-refractivity contribution in [3.63, 3.8) is 0 Å². The minimum atomic E-state index is -0.777. The number of hydrogen-bond acceptors (Lipinski definition) is 5. The predicted octanol–water partition coefficient (Wildman–Crippen LogP) is 3.23. The highest BCUT2D eigenvalue weighted by Crippen LogP contribution is 2.27. The quantitative estimate of drug-likeness (QED) is 0.307.